The summed E-state index contributed by atoms with van der Waals surface area (Å²) in [6.07, 6.45) is 2.61. The van der Waals surface area contributed by atoms with Gasteiger partial charge in [-0.3, -0.25) is 0 Å². The van der Waals surface area contributed by atoms with E-state index in [0.29, 0.717) is 12.0 Å². The van der Waals surface area contributed by atoms with Gasteiger partial charge in [0.2, 0.25) is 0 Å². The van der Waals surface area contributed by atoms with Crippen LogP contribution in [0.25, 0.3) is 0 Å². The van der Waals surface area contributed by atoms with E-state index in [9.17, 15) is 0 Å². The molecule has 1 aliphatic carbocycles. The van der Waals surface area contributed by atoms with Crippen LogP contribution in [0.2, 0.25) is 0 Å². The van der Waals surface area contributed by atoms with Crippen molar-refractivity contribution in [2.75, 3.05) is 13.1 Å². The van der Waals surface area contributed by atoms with E-state index in [4.69, 9.17) is 0 Å². The molecule has 0 aromatic carbocycles. The molecule has 2 heterocycles. The number of aromatic nitrogens is 3. The Kier molecular flexibility index (Phi) is 2.06. The molecule has 0 radical (unpaired) electrons. The van der Waals surface area contributed by atoms with E-state index in [1.165, 1.54) is 18.7 Å². The average Bonchev–Trinajstić information content (AvgIpc) is 2.87. The molecule has 4 nitrogen and oxygen atoms in total. The lowest BCUT2D eigenvalue weighted by atomic mass is 9.88. The van der Waals surface area contributed by atoms with Gasteiger partial charge < -0.3 is 9.88 Å². The molecule has 0 bridgehead atoms. The van der Waals surface area contributed by atoms with Gasteiger partial charge in [0.15, 0.2) is 0 Å². The summed E-state index contributed by atoms with van der Waals surface area (Å²) in [6.45, 7) is 6.63. The molecule has 15 heavy (non-hydrogen) atoms. The van der Waals surface area contributed by atoms with Gasteiger partial charge in [-0.2, -0.15) is 0 Å². The van der Waals surface area contributed by atoms with E-state index in [1.807, 2.05) is 0 Å². The fourth-order valence-electron chi connectivity index (χ4n) is 2.36. The maximum Gasteiger partial charge on any atom is 0.136 e. The Labute approximate surface area is 90.1 Å². The Hall–Kier alpha value is -0.900. The Balaban J connectivity index is 1.89. The monoisotopic (exact) mass is 206 g/mol. The standard InChI is InChI=1S/C11H18N4/c1-7(9-5-12-6-9)11-14-13-8(2)15(11)10-3-4-10/h7,9-10,12H,3-6H2,1-2H3. The van der Waals surface area contributed by atoms with Gasteiger partial charge in [0.25, 0.3) is 0 Å². The second kappa shape index (κ2) is 3.30. The van der Waals surface area contributed by atoms with Gasteiger partial charge in [-0.05, 0) is 38.8 Å². The molecule has 1 aromatic heterocycles. The molecule has 1 aliphatic heterocycles. The third kappa shape index (κ3) is 1.47. The number of rotatable bonds is 3. The molecule has 2 aliphatic rings. The van der Waals surface area contributed by atoms with Gasteiger partial charge in [0, 0.05) is 12.0 Å². The minimum Gasteiger partial charge on any atom is -0.316 e. The molecule has 1 saturated carbocycles. The minimum atomic E-state index is 0.549. The molecule has 0 amide bonds. The molecule has 1 aromatic rings. The molecule has 3 rings (SSSR count). The highest BCUT2D eigenvalue weighted by Crippen LogP contribution is 2.39. The van der Waals surface area contributed by atoms with E-state index in [0.717, 1.165) is 24.8 Å². The van der Waals surface area contributed by atoms with Crippen LogP contribution in [0.1, 0.15) is 43.4 Å². The summed E-state index contributed by atoms with van der Waals surface area (Å²) in [5.41, 5.74) is 0. The Bertz CT molecular complexity index is 363. The number of hydrogen-bond donors (Lipinski definition) is 1. The highest BCUT2D eigenvalue weighted by atomic mass is 15.3. The first-order chi connectivity index (χ1) is 7.27. The van der Waals surface area contributed by atoms with Crippen molar-refractivity contribution in [2.24, 2.45) is 5.92 Å². The van der Waals surface area contributed by atoms with Crippen molar-refractivity contribution in [3.05, 3.63) is 11.6 Å². The Morgan fingerprint density at radius 1 is 1.33 bits per heavy atom. The molecule has 1 N–H and O–H groups in total. The predicted octanol–water partition coefficient (Wildman–Crippen LogP) is 1.24. The van der Waals surface area contributed by atoms with Crippen molar-refractivity contribution in [1.29, 1.82) is 0 Å². The van der Waals surface area contributed by atoms with E-state index in [-0.39, 0.29) is 0 Å². The van der Waals surface area contributed by atoms with Crippen LogP contribution in [-0.4, -0.2) is 27.9 Å². The van der Waals surface area contributed by atoms with Crippen LogP contribution in [0, 0.1) is 12.8 Å². The largest absolute Gasteiger partial charge is 0.316 e. The summed E-state index contributed by atoms with van der Waals surface area (Å²) in [5.74, 6) is 3.60. The van der Waals surface area contributed by atoms with Crippen LogP contribution in [0.5, 0.6) is 0 Å². The minimum absolute atomic E-state index is 0.549. The summed E-state index contributed by atoms with van der Waals surface area (Å²) in [5, 5.41) is 11.9. The maximum atomic E-state index is 4.36. The van der Waals surface area contributed by atoms with E-state index in [2.05, 4.69) is 33.9 Å². The normalized spacial score (nSPS) is 23.9. The topological polar surface area (TPSA) is 42.7 Å². The highest BCUT2D eigenvalue weighted by Gasteiger charge is 2.33. The quantitative estimate of drug-likeness (QED) is 0.809. The molecular formula is C11H18N4. The molecule has 4 heteroatoms. The van der Waals surface area contributed by atoms with Crippen LogP contribution >= 0.6 is 0 Å². The van der Waals surface area contributed by atoms with Crippen molar-refractivity contribution in [2.45, 2.75) is 38.6 Å². The lowest BCUT2D eigenvalue weighted by molar-refractivity contribution is 0.290. The molecule has 1 atom stereocenters. The first-order valence-corrected chi connectivity index (χ1v) is 5.89. The van der Waals surface area contributed by atoms with Crippen molar-refractivity contribution in [3.63, 3.8) is 0 Å². The predicted molar refractivity (Wildman–Crippen MR) is 57.8 cm³/mol. The molecule has 1 saturated heterocycles. The maximum absolute atomic E-state index is 4.36. The summed E-state index contributed by atoms with van der Waals surface area (Å²) >= 11 is 0. The van der Waals surface area contributed by atoms with Crippen molar-refractivity contribution < 1.29 is 0 Å². The van der Waals surface area contributed by atoms with Gasteiger partial charge in [0.1, 0.15) is 11.6 Å². The van der Waals surface area contributed by atoms with Crippen LogP contribution in [0.4, 0.5) is 0 Å². The number of nitrogens with one attached hydrogen (secondary N) is 1. The van der Waals surface area contributed by atoms with Crippen molar-refractivity contribution >= 4 is 0 Å². The fraction of sp³-hybridized carbons (Fsp3) is 0.818. The molecule has 2 fully saturated rings. The number of aryl methyl sites for hydroxylation is 1. The van der Waals surface area contributed by atoms with Crippen molar-refractivity contribution in [3.8, 4) is 0 Å². The van der Waals surface area contributed by atoms with Gasteiger partial charge in [-0.15, -0.1) is 10.2 Å². The lowest BCUT2D eigenvalue weighted by Gasteiger charge is -2.32. The molecule has 82 valence electrons. The van der Waals surface area contributed by atoms with Crippen LogP contribution < -0.4 is 5.32 Å². The average molecular weight is 206 g/mol. The first-order valence-electron chi connectivity index (χ1n) is 5.89. The number of nitrogens with zero attached hydrogens (tertiary/aromatic N) is 3. The molecular weight excluding hydrogens is 188 g/mol. The molecule has 0 spiro atoms. The summed E-state index contributed by atoms with van der Waals surface area (Å²) in [4.78, 5) is 0. The smallest absolute Gasteiger partial charge is 0.136 e. The highest BCUT2D eigenvalue weighted by molar-refractivity contribution is 5.08. The zero-order valence-electron chi connectivity index (χ0n) is 9.40. The zero-order chi connectivity index (χ0) is 10.4. The van der Waals surface area contributed by atoms with E-state index < -0.39 is 0 Å². The van der Waals surface area contributed by atoms with E-state index >= 15 is 0 Å². The number of hydrogen-bond acceptors (Lipinski definition) is 3. The lowest BCUT2D eigenvalue weighted by Crippen LogP contribution is -2.45. The van der Waals surface area contributed by atoms with Gasteiger partial charge in [0.05, 0.1) is 0 Å². The summed E-state index contributed by atoms with van der Waals surface area (Å²) < 4.78 is 2.36. The van der Waals surface area contributed by atoms with Gasteiger partial charge in [-0.1, -0.05) is 6.92 Å². The summed E-state index contributed by atoms with van der Waals surface area (Å²) in [6, 6.07) is 0.700. The van der Waals surface area contributed by atoms with Crippen LogP contribution in [0.15, 0.2) is 0 Å². The Morgan fingerprint density at radius 3 is 2.60 bits per heavy atom. The fourth-order valence-corrected chi connectivity index (χ4v) is 2.36. The van der Waals surface area contributed by atoms with Crippen LogP contribution in [0.3, 0.4) is 0 Å². The third-order valence-electron chi connectivity index (χ3n) is 3.73. The second-order valence-corrected chi connectivity index (χ2v) is 4.91. The van der Waals surface area contributed by atoms with Crippen LogP contribution in [-0.2, 0) is 0 Å². The Morgan fingerprint density at radius 2 is 2.07 bits per heavy atom. The third-order valence-corrected chi connectivity index (χ3v) is 3.73. The molecule has 1 unspecified atom stereocenters. The summed E-state index contributed by atoms with van der Waals surface area (Å²) in [7, 11) is 0. The second-order valence-electron chi connectivity index (χ2n) is 4.91. The first kappa shape index (κ1) is 9.33. The van der Waals surface area contributed by atoms with E-state index in [1.54, 1.807) is 0 Å². The SMILES string of the molecule is Cc1nnc(C(C)C2CNC2)n1C1CC1. The van der Waals surface area contributed by atoms with Crippen molar-refractivity contribution in [1.82, 2.24) is 20.1 Å². The zero-order valence-corrected chi connectivity index (χ0v) is 9.40. The van der Waals surface area contributed by atoms with Gasteiger partial charge in [-0.25, -0.2) is 0 Å². The van der Waals surface area contributed by atoms with Gasteiger partial charge >= 0.3 is 0 Å².